The van der Waals surface area contributed by atoms with Crippen LogP contribution < -0.4 is 0 Å². The average molecular weight is 230 g/mol. The highest BCUT2D eigenvalue weighted by Gasteiger charge is 2.16. The molecule has 0 fully saturated rings. The van der Waals surface area contributed by atoms with Gasteiger partial charge < -0.3 is 4.98 Å². The lowest BCUT2D eigenvalue weighted by Gasteiger charge is -2.28. The normalized spacial score (nSPS) is 15.8. The van der Waals surface area contributed by atoms with Crippen molar-refractivity contribution in [2.75, 3.05) is 6.54 Å². The summed E-state index contributed by atoms with van der Waals surface area (Å²) in [6.45, 7) is 2.78. The number of aromatic amines is 1. The summed E-state index contributed by atoms with van der Waals surface area (Å²) in [5.41, 5.74) is 3.63. The van der Waals surface area contributed by atoms with Gasteiger partial charge in [-0.2, -0.15) is 0 Å². The van der Waals surface area contributed by atoms with Crippen LogP contribution in [0, 0.1) is 5.82 Å². The van der Waals surface area contributed by atoms with Crippen molar-refractivity contribution in [2.45, 2.75) is 19.5 Å². The van der Waals surface area contributed by atoms with Crippen LogP contribution in [0.1, 0.15) is 16.8 Å². The summed E-state index contributed by atoms with van der Waals surface area (Å²) in [6.07, 6.45) is 2.95. The van der Waals surface area contributed by atoms with Gasteiger partial charge in [-0.3, -0.25) is 4.90 Å². The molecule has 3 rings (SSSR count). The van der Waals surface area contributed by atoms with E-state index in [0.717, 1.165) is 31.6 Å². The Hall–Kier alpha value is -1.61. The molecular weight excluding hydrogens is 215 g/mol. The van der Waals surface area contributed by atoms with Gasteiger partial charge in [0.15, 0.2) is 0 Å². The van der Waals surface area contributed by atoms with Crippen molar-refractivity contribution in [1.82, 2.24) is 9.88 Å². The molecule has 1 aliphatic heterocycles. The van der Waals surface area contributed by atoms with Gasteiger partial charge in [-0.1, -0.05) is 6.07 Å². The predicted molar refractivity (Wildman–Crippen MR) is 65.0 cm³/mol. The first-order valence-corrected chi connectivity index (χ1v) is 5.93. The number of aromatic nitrogens is 1. The van der Waals surface area contributed by atoms with Crippen molar-refractivity contribution in [2.24, 2.45) is 0 Å². The molecule has 2 aromatic rings. The lowest BCUT2D eigenvalue weighted by atomic mass is 9.99. The SMILES string of the molecule is Fc1ccc2c(c1)CN(Cc1ccc[nH]1)CC2. The smallest absolute Gasteiger partial charge is 0.123 e. The summed E-state index contributed by atoms with van der Waals surface area (Å²) in [5, 5.41) is 0. The monoisotopic (exact) mass is 230 g/mol. The molecule has 2 heterocycles. The molecule has 0 radical (unpaired) electrons. The van der Waals surface area contributed by atoms with E-state index in [1.54, 1.807) is 12.1 Å². The lowest BCUT2D eigenvalue weighted by molar-refractivity contribution is 0.242. The van der Waals surface area contributed by atoms with Crippen LogP contribution in [-0.2, 0) is 19.5 Å². The van der Waals surface area contributed by atoms with E-state index in [0.29, 0.717) is 0 Å². The summed E-state index contributed by atoms with van der Waals surface area (Å²) in [5.74, 6) is -0.134. The summed E-state index contributed by atoms with van der Waals surface area (Å²) < 4.78 is 13.2. The molecule has 1 N–H and O–H groups in total. The molecule has 2 nitrogen and oxygen atoms in total. The second-order valence-electron chi connectivity index (χ2n) is 4.57. The minimum absolute atomic E-state index is 0.134. The summed E-state index contributed by atoms with van der Waals surface area (Å²) in [4.78, 5) is 5.54. The lowest BCUT2D eigenvalue weighted by Crippen LogP contribution is -2.30. The molecule has 0 bridgehead atoms. The Morgan fingerprint density at radius 3 is 3.00 bits per heavy atom. The van der Waals surface area contributed by atoms with Crippen molar-refractivity contribution in [3.05, 3.63) is 59.2 Å². The van der Waals surface area contributed by atoms with Gasteiger partial charge in [-0.15, -0.1) is 0 Å². The Balaban J connectivity index is 1.76. The minimum Gasteiger partial charge on any atom is -0.364 e. The molecule has 0 amide bonds. The number of H-pyrrole nitrogens is 1. The van der Waals surface area contributed by atoms with Gasteiger partial charge in [-0.25, -0.2) is 4.39 Å². The Morgan fingerprint density at radius 2 is 2.18 bits per heavy atom. The van der Waals surface area contributed by atoms with E-state index in [-0.39, 0.29) is 5.82 Å². The first kappa shape index (κ1) is 10.5. The molecule has 3 heteroatoms. The Labute approximate surface area is 100 Å². The Kier molecular flexibility index (Phi) is 2.69. The van der Waals surface area contributed by atoms with Crippen LogP contribution in [0.5, 0.6) is 0 Å². The fourth-order valence-electron chi connectivity index (χ4n) is 2.43. The molecule has 0 spiro atoms. The molecule has 1 aliphatic rings. The van der Waals surface area contributed by atoms with Crippen LogP contribution >= 0.6 is 0 Å². The van der Waals surface area contributed by atoms with Gasteiger partial charge in [-0.05, 0) is 41.8 Å². The van der Waals surface area contributed by atoms with E-state index in [4.69, 9.17) is 0 Å². The van der Waals surface area contributed by atoms with E-state index in [9.17, 15) is 4.39 Å². The predicted octanol–water partition coefficient (Wildman–Crippen LogP) is 2.71. The van der Waals surface area contributed by atoms with Gasteiger partial charge in [0.2, 0.25) is 0 Å². The molecule has 17 heavy (non-hydrogen) atoms. The van der Waals surface area contributed by atoms with E-state index < -0.39 is 0 Å². The van der Waals surface area contributed by atoms with E-state index >= 15 is 0 Å². The minimum atomic E-state index is -0.134. The number of benzene rings is 1. The van der Waals surface area contributed by atoms with Crippen molar-refractivity contribution in [3.8, 4) is 0 Å². The first-order valence-electron chi connectivity index (χ1n) is 5.93. The first-order chi connectivity index (χ1) is 8.31. The van der Waals surface area contributed by atoms with Crippen molar-refractivity contribution >= 4 is 0 Å². The van der Waals surface area contributed by atoms with Crippen LogP contribution in [0.25, 0.3) is 0 Å². The van der Waals surface area contributed by atoms with Gasteiger partial charge in [0.25, 0.3) is 0 Å². The summed E-state index contributed by atoms with van der Waals surface area (Å²) in [7, 11) is 0. The largest absolute Gasteiger partial charge is 0.364 e. The van der Waals surface area contributed by atoms with Crippen molar-refractivity contribution < 1.29 is 4.39 Å². The van der Waals surface area contributed by atoms with Crippen molar-refractivity contribution in [3.63, 3.8) is 0 Å². The fourth-order valence-corrected chi connectivity index (χ4v) is 2.43. The number of halogens is 1. The average Bonchev–Trinajstić information content (AvgIpc) is 2.81. The molecule has 0 unspecified atom stereocenters. The maximum Gasteiger partial charge on any atom is 0.123 e. The molecule has 88 valence electrons. The molecular formula is C14H15FN2. The van der Waals surface area contributed by atoms with Gasteiger partial charge >= 0.3 is 0 Å². The van der Waals surface area contributed by atoms with E-state index in [1.807, 2.05) is 18.3 Å². The van der Waals surface area contributed by atoms with Crippen LogP contribution in [-0.4, -0.2) is 16.4 Å². The maximum absolute atomic E-state index is 13.2. The van der Waals surface area contributed by atoms with Gasteiger partial charge in [0.05, 0.1) is 0 Å². The van der Waals surface area contributed by atoms with E-state index in [2.05, 4.69) is 16.0 Å². The van der Waals surface area contributed by atoms with Crippen LogP contribution in [0.15, 0.2) is 36.5 Å². The van der Waals surface area contributed by atoms with Crippen LogP contribution in [0.4, 0.5) is 4.39 Å². The molecule has 1 aromatic heterocycles. The number of fused-ring (bicyclic) bond motifs is 1. The molecule has 0 saturated carbocycles. The number of hydrogen-bond donors (Lipinski definition) is 1. The second kappa shape index (κ2) is 4.34. The Bertz CT molecular complexity index is 505. The highest BCUT2D eigenvalue weighted by atomic mass is 19.1. The van der Waals surface area contributed by atoms with Gasteiger partial charge in [0, 0.05) is 31.5 Å². The zero-order valence-corrected chi connectivity index (χ0v) is 9.62. The topological polar surface area (TPSA) is 19.0 Å². The van der Waals surface area contributed by atoms with Gasteiger partial charge in [0.1, 0.15) is 5.82 Å². The van der Waals surface area contributed by atoms with Crippen LogP contribution in [0.2, 0.25) is 0 Å². The maximum atomic E-state index is 13.2. The highest BCUT2D eigenvalue weighted by molar-refractivity contribution is 5.30. The summed E-state index contributed by atoms with van der Waals surface area (Å²) in [6, 6.07) is 9.22. The molecule has 1 aromatic carbocycles. The van der Waals surface area contributed by atoms with Crippen molar-refractivity contribution in [1.29, 1.82) is 0 Å². The highest BCUT2D eigenvalue weighted by Crippen LogP contribution is 2.21. The number of rotatable bonds is 2. The Morgan fingerprint density at radius 1 is 1.24 bits per heavy atom. The number of nitrogens with one attached hydrogen (secondary N) is 1. The fraction of sp³-hybridized carbons (Fsp3) is 0.286. The molecule has 0 atom stereocenters. The van der Waals surface area contributed by atoms with Crippen LogP contribution in [0.3, 0.4) is 0 Å². The molecule has 0 saturated heterocycles. The standard InChI is InChI=1S/C14H15FN2/c15-13-4-3-11-5-7-17(9-12(11)8-13)10-14-2-1-6-16-14/h1-4,6,8,16H,5,7,9-10H2. The number of nitrogens with zero attached hydrogens (tertiary/aromatic N) is 1. The third-order valence-electron chi connectivity index (χ3n) is 3.32. The third-order valence-corrected chi connectivity index (χ3v) is 3.32. The quantitative estimate of drug-likeness (QED) is 0.840. The summed E-state index contributed by atoms with van der Waals surface area (Å²) >= 11 is 0. The van der Waals surface area contributed by atoms with E-state index in [1.165, 1.54) is 11.3 Å². The number of hydrogen-bond acceptors (Lipinski definition) is 1. The zero-order chi connectivity index (χ0) is 11.7. The molecule has 0 aliphatic carbocycles. The second-order valence-corrected chi connectivity index (χ2v) is 4.57. The third kappa shape index (κ3) is 2.24. The zero-order valence-electron chi connectivity index (χ0n) is 9.62.